The van der Waals surface area contributed by atoms with E-state index in [2.05, 4.69) is 14.7 Å². The van der Waals surface area contributed by atoms with Crippen LogP contribution in [0.4, 0.5) is 33.3 Å². The van der Waals surface area contributed by atoms with Gasteiger partial charge in [-0.3, -0.25) is 0 Å². The lowest BCUT2D eigenvalue weighted by molar-refractivity contribution is -0.274. The second kappa shape index (κ2) is 9.67. The molecule has 1 aromatic heterocycles. The highest BCUT2D eigenvalue weighted by Gasteiger charge is 2.46. The molecule has 3 aromatic rings. The summed E-state index contributed by atoms with van der Waals surface area (Å²) in [7, 11) is 0. The molecule has 11 heteroatoms. The number of benzene rings is 2. The predicted octanol–water partition coefficient (Wildman–Crippen LogP) is 7.10. The number of hydrogen-bond acceptors (Lipinski definition) is 5. The van der Waals surface area contributed by atoms with Gasteiger partial charge in [-0.15, -0.1) is 13.2 Å². The molecule has 5 rings (SSSR count). The highest BCUT2D eigenvalue weighted by Crippen LogP contribution is 2.46. The minimum atomic E-state index is -4.91. The summed E-state index contributed by atoms with van der Waals surface area (Å²) in [6.45, 7) is 6.48. The molecule has 194 valence electrons. The molecule has 0 spiro atoms. The molecule has 1 unspecified atom stereocenters. The van der Waals surface area contributed by atoms with Crippen LogP contribution in [0.3, 0.4) is 0 Å². The Kier molecular flexibility index (Phi) is 6.54. The molecule has 37 heavy (non-hydrogen) atoms. The molecule has 2 aliphatic rings. The molecule has 1 aliphatic heterocycles. The Morgan fingerprint density at radius 1 is 1.08 bits per heavy atom. The van der Waals surface area contributed by atoms with E-state index >= 15 is 8.78 Å². The molecule has 1 aliphatic carbocycles. The zero-order valence-corrected chi connectivity index (χ0v) is 19.5. The lowest BCUT2D eigenvalue weighted by atomic mass is 10.0. The monoisotopic (exact) mass is 519 g/mol. The topological polar surface area (TPSA) is 52.1 Å². The van der Waals surface area contributed by atoms with Gasteiger partial charge < -0.3 is 18.9 Å². The minimum absolute atomic E-state index is 0.0244. The highest BCUT2D eigenvalue weighted by molar-refractivity contribution is 5.70. The molecule has 2 heterocycles. The van der Waals surface area contributed by atoms with E-state index in [0.717, 1.165) is 18.9 Å². The Balaban J connectivity index is 1.35. The van der Waals surface area contributed by atoms with Crippen LogP contribution >= 0.6 is 0 Å². The number of para-hydroxylation sites is 1. The Hall–Kier alpha value is -3.65. The highest BCUT2D eigenvalue weighted by atomic mass is 19.4. The van der Waals surface area contributed by atoms with Gasteiger partial charge in [0.05, 0.1) is 19.7 Å². The van der Waals surface area contributed by atoms with E-state index in [1.54, 1.807) is 29.2 Å². The molecule has 0 radical (unpaired) electrons. The van der Waals surface area contributed by atoms with E-state index in [1.165, 1.54) is 18.2 Å². The zero-order valence-electron chi connectivity index (χ0n) is 19.5. The third-order valence-electron chi connectivity index (χ3n) is 6.44. The number of alkyl halides is 5. The largest absolute Gasteiger partial charge is 0.573 e. The first-order chi connectivity index (χ1) is 17.6. The average molecular weight is 519 g/mol. The van der Waals surface area contributed by atoms with Gasteiger partial charge >= 0.3 is 6.36 Å². The Morgan fingerprint density at radius 3 is 2.46 bits per heavy atom. The van der Waals surface area contributed by atoms with Crippen molar-refractivity contribution in [1.29, 1.82) is 0 Å². The van der Waals surface area contributed by atoms with Crippen LogP contribution in [-0.4, -0.2) is 36.6 Å². The number of aromatic nitrogens is 1. The Morgan fingerprint density at radius 2 is 1.81 bits per heavy atom. The maximum Gasteiger partial charge on any atom is 0.573 e. The molecule has 6 nitrogen and oxygen atoms in total. The van der Waals surface area contributed by atoms with Crippen LogP contribution in [0.15, 0.2) is 53.1 Å². The van der Waals surface area contributed by atoms with Crippen LogP contribution in [0.5, 0.6) is 5.75 Å². The molecule has 2 fully saturated rings. The smallest absolute Gasteiger partial charge is 0.405 e. The molecule has 0 amide bonds. The molecule has 1 saturated heterocycles. The summed E-state index contributed by atoms with van der Waals surface area (Å²) in [5, 5.41) is 3.99. The third-order valence-corrected chi connectivity index (χ3v) is 6.44. The van der Waals surface area contributed by atoms with E-state index in [4.69, 9.17) is 15.8 Å². The maximum absolute atomic E-state index is 15.1. The number of piperidine rings is 1. The lowest BCUT2D eigenvalue weighted by Gasteiger charge is -2.39. The van der Waals surface area contributed by atoms with Gasteiger partial charge in [-0.2, -0.15) is 0 Å². The van der Waals surface area contributed by atoms with Crippen LogP contribution in [0.25, 0.3) is 16.1 Å². The van der Waals surface area contributed by atoms with Crippen LogP contribution in [0.1, 0.15) is 36.5 Å². The van der Waals surface area contributed by atoms with Gasteiger partial charge in [0.15, 0.2) is 5.69 Å². The fourth-order valence-corrected chi connectivity index (χ4v) is 4.48. The SMILES string of the molecule is [C-]#[N+]c1ccc(N2CCC(OCc3c(-c4ccccc4OC(F)(F)F)noc3C3CC3)C(F)(F)C2)cc1. The second-order valence-corrected chi connectivity index (χ2v) is 9.09. The quantitative estimate of drug-likeness (QED) is 0.246. The standard InChI is InChI=1S/C26H22F5N3O3/c1-32-17-8-10-18(11-9-17)34-13-12-22(25(27,28)15-34)35-14-20-23(33-37-24(20)16-6-7-16)19-4-2-3-5-21(19)36-26(29,30)31/h2-5,8-11,16,22H,6-7,12-15H2. The molecule has 1 saturated carbocycles. The van der Waals surface area contributed by atoms with Gasteiger partial charge in [-0.1, -0.05) is 29.4 Å². The van der Waals surface area contributed by atoms with E-state index < -0.39 is 30.7 Å². The lowest BCUT2D eigenvalue weighted by Crippen LogP contribution is -2.52. The fourth-order valence-electron chi connectivity index (χ4n) is 4.48. The fraction of sp³-hybridized carbons (Fsp3) is 0.385. The first kappa shape index (κ1) is 25.0. The first-order valence-corrected chi connectivity index (χ1v) is 11.7. The van der Waals surface area contributed by atoms with Gasteiger partial charge in [-0.25, -0.2) is 13.6 Å². The van der Waals surface area contributed by atoms with Crippen molar-refractivity contribution in [2.24, 2.45) is 0 Å². The molecule has 1 atom stereocenters. The number of anilines is 1. The van der Waals surface area contributed by atoms with Crippen LogP contribution in [-0.2, 0) is 11.3 Å². The number of hydrogen-bond donors (Lipinski definition) is 0. The van der Waals surface area contributed by atoms with Crippen molar-refractivity contribution in [2.75, 3.05) is 18.0 Å². The second-order valence-electron chi connectivity index (χ2n) is 9.09. The third kappa shape index (κ3) is 5.54. The van der Waals surface area contributed by atoms with Crippen molar-refractivity contribution in [3.8, 4) is 17.0 Å². The summed E-state index contributed by atoms with van der Waals surface area (Å²) in [5.41, 5.74) is 1.49. The molecular weight excluding hydrogens is 497 g/mol. The maximum atomic E-state index is 15.1. The van der Waals surface area contributed by atoms with Crippen molar-refractivity contribution in [3.63, 3.8) is 0 Å². The Bertz CT molecular complexity index is 1300. The molecule has 2 aromatic carbocycles. The van der Waals surface area contributed by atoms with E-state index in [9.17, 15) is 13.2 Å². The number of nitrogens with zero attached hydrogens (tertiary/aromatic N) is 3. The summed E-state index contributed by atoms with van der Waals surface area (Å²) in [6.07, 6.45) is -4.66. The van der Waals surface area contributed by atoms with Gasteiger partial charge in [0.2, 0.25) is 0 Å². The molecule has 0 N–H and O–H groups in total. The van der Waals surface area contributed by atoms with E-state index in [0.29, 0.717) is 29.2 Å². The number of rotatable bonds is 7. The Labute approximate surface area is 209 Å². The first-order valence-electron chi connectivity index (χ1n) is 11.7. The number of halogens is 5. The van der Waals surface area contributed by atoms with Gasteiger partial charge in [0.1, 0.15) is 23.3 Å². The summed E-state index contributed by atoms with van der Waals surface area (Å²) in [6, 6.07) is 11.9. The van der Waals surface area contributed by atoms with Gasteiger partial charge in [0.25, 0.3) is 5.92 Å². The van der Waals surface area contributed by atoms with Gasteiger partial charge in [0, 0.05) is 29.3 Å². The summed E-state index contributed by atoms with van der Waals surface area (Å²) in [4.78, 5) is 4.85. The van der Waals surface area contributed by atoms with Crippen molar-refractivity contribution in [3.05, 3.63) is 71.3 Å². The van der Waals surface area contributed by atoms with Crippen molar-refractivity contribution >= 4 is 11.4 Å². The normalized spacial score (nSPS) is 19.5. The van der Waals surface area contributed by atoms with Crippen molar-refractivity contribution in [1.82, 2.24) is 5.16 Å². The minimum Gasteiger partial charge on any atom is -0.405 e. The average Bonchev–Trinajstić information content (AvgIpc) is 3.62. The van der Waals surface area contributed by atoms with E-state index in [-0.39, 0.29) is 30.2 Å². The number of ether oxygens (including phenoxy) is 2. The summed E-state index contributed by atoms with van der Waals surface area (Å²) < 4.78 is 84.5. The van der Waals surface area contributed by atoms with Crippen LogP contribution in [0, 0.1) is 6.57 Å². The van der Waals surface area contributed by atoms with Crippen molar-refractivity contribution < 1.29 is 35.9 Å². The summed E-state index contributed by atoms with van der Waals surface area (Å²) in [5.74, 6) is -3.19. The summed E-state index contributed by atoms with van der Waals surface area (Å²) >= 11 is 0. The van der Waals surface area contributed by atoms with Crippen molar-refractivity contribution in [2.45, 2.75) is 50.2 Å². The van der Waals surface area contributed by atoms with E-state index in [1.807, 2.05) is 0 Å². The predicted molar refractivity (Wildman–Crippen MR) is 124 cm³/mol. The molecular formula is C26H22F5N3O3. The van der Waals surface area contributed by atoms with Gasteiger partial charge in [-0.05, 0) is 43.5 Å². The van der Waals surface area contributed by atoms with Crippen LogP contribution in [0.2, 0.25) is 0 Å². The van der Waals surface area contributed by atoms with Crippen LogP contribution < -0.4 is 9.64 Å². The zero-order chi connectivity index (χ0) is 26.2. The molecule has 0 bridgehead atoms.